The summed E-state index contributed by atoms with van der Waals surface area (Å²) in [5, 5.41) is 8.54. The third-order valence-electron chi connectivity index (χ3n) is 2.82. The topological polar surface area (TPSA) is 72.8 Å². The highest BCUT2D eigenvalue weighted by atomic mass is 16.5. The Bertz CT molecular complexity index is 502. The van der Waals surface area contributed by atoms with Crippen molar-refractivity contribution in [2.24, 2.45) is 5.92 Å². The highest BCUT2D eigenvalue weighted by molar-refractivity contribution is 5.85. The Labute approximate surface area is 130 Å². The maximum atomic E-state index is 11.2. The van der Waals surface area contributed by atoms with Gasteiger partial charge in [-0.3, -0.25) is 4.79 Å². The van der Waals surface area contributed by atoms with Crippen molar-refractivity contribution in [3.05, 3.63) is 35.9 Å². The van der Waals surface area contributed by atoms with Gasteiger partial charge in [-0.2, -0.15) is 0 Å². The van der Waals surface area contributed by atoms with Gasteiger partial charge in [-0.1, -0.05) is 26.0 Å². The van der Waals surface area contributed by atoms with Gasteiger partial charge in [0.25, 0.3) is 0 Å². The summed E-state index contributed by atoms with van der Waals surface area (Å²) in [6, 6.07) is 7.17. The molecule has 1 N–H and O–H groups in total. The number of rotatable bonds is 9. The summed E-state index contributed by atoms with van der Waals surface area (Å²) in [6.45, 7) is 4.57. The third-order valence-corrected chi connectivity index (χ3v) is 2.82. The molecule has 0 saturated carbocycles. The van der Waals surface area contributed by atoms with Crippen LogP contribution in [-0.2, 0) is 14.3 Å². The number of carbonyl (C=O) groups excluding carboxylic acids is 1. The van der Waals surface area contributed by atoms with Crippen LogP contribution in [0.4, 0.5) is 0 Å². The Kier molecular flexibility index (Phi) is 7.75. The zero-order chi connectivity index (χ0) is 16.4. The first kappa shape index (κ1) is 17.8. The number of benzene rings is 1. The maximum absolute atomic E-state index is 11.2. The van der Waals surface area contributed by atoms with E-state index in [1.54, 1.807) is 38.1 Å². The molecule has 1 rings (SSSR count). The molecule has 0 aliphatic carbocycles. The summed E-state index contributed by atoms with van der Waals surface area (Å²) in [7, 11) is 0. The molecule has 0 amide bonds. The average molecular weight is 306 g/mol. The first-order valence-corrected chi connectivity index (χ1v) is 7.29. The van der Waals surface area contributed by atoms with Crippen LogP contribution in [0.3, 0.4) is 0 Å². The number of esters is 1. The van der Waals surface area contributed by atoms with E-state index in [9.17, 15) is 9.59 Å². The molecular formula is C17H22O5. The molecule has 1 aromatic rings. The Balaban J connectivity index is 2.20. The lowest BCUT2D eigenvalue weighted by Crippen LogP contribution is -2.12. The minimum absolute atomic E-state index is 0.0926. The van der Waals surface area contributed by atoms with Crippen LogP contribution in [0.2, 0.25) is 0 Å². The molecule has 0 bridgehead atoms. The first-order chi connectivity index (χ1) is 10.5. The monoisotopic (exact) mass is 306 g/mol. The van der Waals surface area contributed by atoms with E-state index in [1.165, 1.54) is 6.08 Å². The fourth-order valence-electron chi connectivity index (χ4n) is 1.58. The minimum Gasteiger partial charge on any atom is -0.494 e. The van der Waals surface area contributed by atoms with Crippen LogP contribution in [0.1, 0.15) is 32.3 Å². The highest BCUT2D eigenvalue weighted by Gasteiger charge is 2.07. The Morgan fingerprint density at radius 2 is 1.77 bits per heavy atom. The van der Waals surface area contributed by atoms with E-state index in [0.717, 1.165) is 30.2 Å². The van der Waals surface area contributed by atoms with Gasteiger partial charge < -0.3 is 14.6 Å². The van der Waals surface area contributed by atoms with E-state index in [0.29, 0.717) is 13.2 Å². The molecule has 0 saturated heterocycles. The summed E-state index contributed by atoms with van der Waals surface area (Å²) < 4.78 is 10.6. The van der Waals surface area contributed by atoms with E-state index in [2.05, 4.69) is 0 Å². The number of carboxylic acid groups (broad SMARTS) is 1. The predicted octanol–water partition coefficient (Wildman–Crippen LogP) is 3.14. The second-order valence-electron chi connectivity index (χ2n) is 5.12. The molecule has 0 atom stereocenters. The molecule has 1 aromatic carbocycles. The van der Waals surface area contributed by atoms with Gasteiger partial charge in [0, 0.05) is 6.08 Å². The van der Waals surface area contributed by atoms with Gasteiger partial charge >= 0.3 is 11.9 Å². The smallest absolute Gasteiger partial charge is 0.328 e. The van der Waals surface area contributed by atoms with Gasteiger partial charge in [0.1, 0.15) is 5.75 Å². The molecule has 0 aliphatic heterocycles. The molecule has 0 radical (unpaired) electrons. The Morgan fingerprint density at radius 3 is 2.36 bits per heavy atom. The number of hydrogen-bond acceptors (Lipinski definition) is 4. The zero-order valence-corrected chi connectivity index (χ0v) is 13.0. The minimum atomic E-state index is -0.974. The fourth-order valence-corrected chi connectivity index (χ4v) is 1.58. The molecule has 0 fully saturated rings. The lowest BCUT2D eigenvalue weighted by atomic mass is 10.2. The van der Waals surface area contributed by atoms with E-state index in [4.69, 9.17) is 14.6 Å². The predicted molar refractivity (Wildman–Crippen MR) is 83.6 cm³/mol. The molecule has 0 aromatic heterocycles. The third kappa shape index (κ3) is 7.47. The van der Waals surface area contributed by atoms with Crippen molar-refractivity contribution in [1.82, 2.24) is 0 Å². The van der Waals surface area contributed by atoms with Crippen molar-refractivity contribution < 1.29 is 24.2 Å². The second kappa shape index (κ2) is 9.60. The summed E-state index contributed by atoms with van der Waals surface area (Å²) in [5.41, 5.74) is 0.801. The summed E-state index contributed by atoms with van der Waals surface area (Å²) in [4.78, 5) is 21.6. The number of hydrogen-bond donors (Lipinski definition) is 1. The normalized spacial score (nSPS) is 10.9. The number of carboxylic acids is 1. The van der Waals surface area contributed by atoms with Gasteiger partial charge in [-0.15, -0.1) is 0 Å². The van der Waals surface area contributed by atoms with Crippen molar-refractivity contribution in [2.45, 2.75) is 26.7 Å². The van der Waals surface area contributed by atoms with Crippen molar-refractivity contribution in [2.75, 3.05) is 13.2 Å². The van der Waals surface area contributed by atoms with Crippen molar-refractivity contribution >= 4 is 18.0 Å². The van der Waals surface area contributed by atoms with E-state index < -0.39 is 5.97 Å². The van der Waals surface area contributed by atoms with Crippen LogP contribution in [0.5, 0.6) is 5.75 Å². The van der Waals surface area contributed by atoms with E-state index in [-0.39, 0.29) is 11.9 Å². The molecule has 0 spiro atoms. The number of unbranched alkanes of at least 4 members (excludes halogenated alkanes) is 1. The lowest BCUT2D eigenvalue weighted by Gasteiger charge is -2.08. The van der Waals surface area contributed by atoms with Gasteiger partial charge in [0.05, 0.1) is 19.1 Å². The lowest BCUT2D eigenvalue weighted by molar-refractivity contribution is -0.147. The van der Waals surface area contributed by atoms with Gasteiger partial charge in [0.2, 0.25) is 0 Å². The molecule has 0 heterocycles. The van der Waals surface area contributed by atoms with Crippen LogP contribution in [0.25, 0.3) is 6.08 Å². The van der Waals surface area contributed by atoms with Crippen molar-refractivity contribution in [3.63, 3.8) is 0 Å². The molecule has 0 unspecified atom stereocenters. The van der Waals surface area contributed by atoms with Crippen molar-refractivity contribution in [1.29, 1.82) is 0 Å². The molecule has 120 valence electrons. The Hall–Kier alpha value is -2.30. The number of carbonyl (C=O) groups is 2. The summed E-state index contributed by atoms with van der Waals surface area (Å²) in [5.74, 6) is -0.513. The molecule has 5 nitrogen and oxygen atoms in total. The molecule has 0 aliphatic rings. The highest BCUT2D eigenvalue weighted by Crippen LogP contribution is 2.13. The number of ether oxygens (including phenoxy) is 2. The van der Waals surface area contributed by atoms with Crippen LogP contribution in [0, 0.1) is 5.92 Å². The molecular weight excluding hydrogens is 284 g/mol. The summed E-state index contributed by atoms with van der Waals surface area (Å²) in [6.07, 6.45) is 4.17. The molecule has 5 heteroatoms. The second-order valence-corrected chi connectivity index (χ2v) is 5.12. The zero-order valence-electron chi connectivity index (χ0n) is 13.0. The summed E-state index contributed by atoms with van der Waals surface area (Å²) >= 11 is 0. The fraction of sp³-hybridized carbons (Fsp3) is 0.412. The largest absolute Gasteiger partial charge is 0.494 e. The van der Waals surface area contributed by atoms with Crippen LogP contribution in [0.15, 0.2) is 30.3 Å². The standard InChI is InChI=1S/C17H22O5/c1-13(2)17(20)22-12-4-3-11-21-15-8-5-14(6-9-15)7-10-16(18)19/h5-10,13H,3-4,11-12H2,1-2H3,(H,18,19)/b10-7+. The van der Waals surface area contributed by atoms with Crippen LogP contribution >= 0.6 is 0 Å². The quantitative estimate of drug-likeness (QED) is 0.431. The van der Waals surface area contributed by atoms with Gasteiger partial charge in [-0.25, -0.2) is 4.79 Å². The maximum Gasteiger partial charge on any atom is 0.328 e. The van der Waals surface area contributed by atoms with E-state index >= 15 is 0 Å². The number of aliphatic carboxylic acids is 1. The Morgan fingerprint density at radius 1 is 1.14 bits per heavy atom. The molecule has 22 heavy (non-hydrogen) atoms. The van der Waals surface area contributed by atoms with Gasteiger partial charge in [-0.05, 0) is 36.6 Å². The average Bonchev–Trinajstić information content (AvgIpc) is 2.49. The van der Waals surface area contributed by atoms with Crippen LogP contribution < -0.4 is 4.74 Å². The first-order valence-electron chi connectivity index (χ1n) is 7.29. The van der Waals surface area contributed by atoms with Crippen LogP contribution in [-0.4, -0.2) is 30.3 Å². The van der Waals surface area contributed by atoms with Gasteiger partial charge in [0.15, 0.2) is 0 Å². The SMILES string of the molecule is CC(C)C(=O)OCCCCOc1ccc(/C=C/C(=O)O)cc1. The van der Waals surface area contributed by atoms with Crippen molar-refractivity contribution in [3.8, 4) is 5.75 Å². The van der Waals surface area contributed by atoms with E-state index in [1.807, 2.05) is 0 Å².